The van der Waals surface area contributed by atoms with E-state index in [4.69, 9.17) is 0 Å². The fourth-order valence-corrected chi connectivity index (χ4v) is 3.04. The van der Waals surface area contributed by atoms with Crippen LogP contribution >= 0.6 is 0 Å². The molecule has 1 aromatic rings. The summed E-state index contributed by atoms with van der Waals surface area (Å²) >= 11 is 0. The SMILES string of the molecule is CN(Cc1ccn[nH]1)C1CCC(=O)N(CC2CC2)CC1. The zero-order valence-corrected chi connectivity index (χ0v) is 12.2. The van der Waals surface area contributed by atoms with Crippen molar-refractivity contribution in [3.05, 3.63) is 18.0 Å². The Morgan fingerprint density at radius 1 is 1.40 bits per heavy atom. The third-order valence-electron chi connectivity index (χ3n) is 4.55. The Morgan fingerprint density at radius 3 is 2.95 bits per heavy atom. The van der Waals surface area contributed by atoms with Crippen LogP contribution < -0.4 is 0 Å². The molecule has 1 amide bonds. The Morgan fingerprint density at radius 2 is 2.25 bits per heavy atom. The lowest BCUT2D eigenvalue weighted by Gasteiger charge is -2.26. The van der Waals surface area contributed by atoms with Crippen molar-refractivity contribution in [1.29, 1.82) is 0 Å². The van der Waals surface area contributed by atoms with Gasteiger partial charge in [-0.3, -0.25) is 14.8 Å². The van der Waals surface area contributed by atoms with Crippen molar-refractivity contribution in [3.8, 4) is 0 Å². The van der Waals surface area contributed by atoms with E-state index in [1.807, 2.05) is 6.07 Å². The van der Waals surface area contributed by atoms with Gasteiger partial charge in [0.15, 0.2) is 0 Å². The molecule has 5 nitrogen and oxygen atoms in total. The fraction of sp³-hybridized carbons (Fsp3) is 0.733. The first-order chi connectivity index (χ1) is 9.72. The molecule has 1 aromatic heterocycles. The lowest BCUT2D eigenvalue weighted by atomic mass is 10.1. The molecule has 0 spiro atoms. The number of hydrogen-bond donors (Lipinski definition) is 1. The topological polar surface area (TPSA) is 52.2 Å². The van der Waals surface area contributed by atoms with Gasteiger partial charge in [0.2, 0.25) is 5.91 Å². The van der Waals surface area contributed by atoms with Crippen molar-refractivity contribution in [3.63, 3.8) is 0 Å². The number of aromatic nitrogens is 2. The predicted octanol–water partition coefficient (Wildman–Crippen LogP) is 1.63. The maximum Gasteiger partial charge on any atom is 0.222 e. The van der Waals surface area contributed by atoms with E-state index in [2.05, 4.69) is 27.0 Å². The molecule has 1 atom stereocenters. The predicted molar refractivity (Wildman–Crippen MR) is 77.0 cm³/mol. The van der Waals surface area contributed by atoms with Crippen molar-refractivity contribution in [1.82, 2.24) is 20.0 Å². The van der Waals surface area contributed by atoms with Crippen LogP contribution in [0.15, 0.2) is 12.3 Å². The lowest BCUT2D eigenvalue weighted by molar-refractivity contribution is -0.130. The number of nitrogens with one attached hydrogen (secondary N) is 1. The summed E-state index contributed by atoms with van der Waals surface area (Å²) in [6, 6.07) is 2.50. The van der Waals surface area contributed by atoms with E-state index < -0.39 is 0 Å². The Balaban J connectivity index is 1.54. The number of H-pyrrole nitrogens is 1. The maximum atomic E-state index is 12.2. The fourth-order valence-electron chi connectivity index (χ4n) is 3.04. The molecule has 1 saturated carbocycles. The highest BCUT2D eigenvalue weighted by Crippen LogP contribution is 2.31. The standard InChI is InChI=1S/C15H24N4O/c1-18(11-13-6-8-16-17-13)14-4-5-15(20)19(9-7-14)10-12-2-3-12/h6,8,12,14H,2-5,7,9-11H2,1H3,(H,16,17). The minimum atomic E-state index is 0.356. The molecule has 1 saturated heterocycles. The zero-order valence-electron chi connectivity index (χ0n) is 12.2. The van der Waals surface area contributed by atoms with Crippen LogP contribution in [0, 0.1) is 5.92 Å². The quantitative estimate of drug-likeness (QED) is 0.889. The molecule has 5 heteroatoms. The summed E-state index contributed by atoms with van der Waals surface area (Å²) in [7, 11) is 2.15. The second kappa shape index (κ2) is 5.95. The number of likely N-dealkylation sites (tertiary alicyclic amines) is 1. The molecule has 1 unspecified atom stereocenters. The first kappa shape index (κ1) is 13.6. The number of amides is 1. The van der Waals surface area contributed by atoms with Gasteiger partial charge in [-0.15, -0.1) is 0 Å². The number of hydrogen-bond acceptors (Lipinski definition) is 3. The van der Waals surface area contributed by atoms with Crippen LogP contribution in [0.2, 0.25) is 0 Å². The molecule has 1 aliphatic carbocycles. The van der Waals surface area contributed by atoms with Gasteiger partial charge in [-0.05, 0) is 44.7 Å². The highest BCUT2D eigenvalue weighted by Gasteiger charge is 2.30. The number of aromatic amines is 1. The molecular formula is C15H24N4O. The Bertz CT molecular complexity index is 441. The van der Waals surface area contributed by atoms with Gasteiger partial charge in [0, 0.05) is 44.0 Å². The Kier molecular flexibility index (Phi) is 4.05. The summed E-state index contributed by atoms with van der Waals surface area (Å²) in [5.74, 6) is 1.15. The first-order valence-corrected chi connectivity index (χ1v) is 7.68. The third kappa shape index (κ3) is 3.39. The van der Waals surface area contributed by atoms with Gasteiger partial charge in [0.25, 0.3) is 0 Å². The average Bonchev–Trinajstić information content (AvgIpc) is 3.15. The van der Waals surface area contributed by atoms with Crippen LogP contribution in [0.3, 0.4) is 0 Å². The minimum absolute atomic E-state index is 0.356. The van der Waals surface area contributed by atoms with Crippen molar-refractivity contribution >= 4 is 5.91 Å². The van der Waals surface area contributed by atoms with E-state index in [1.165, 1.54) is 12.8 Å². The van der Waals surface area contributed by atoms with Gasteiger partial charge < -0.3 is 4.90 Å². The highest BCUT2D eigenvalue weighted by atomic mass is 16.2. The van der Waals surface area contributed by atoms with Crippen LogP contribution in [0.4, 0.5) is 0 Å². The normalized spacial score (nSPS) is 24.2. The van der Waals surface area contributed by atoms with E-state index in [1.54, 1.807) is 6.20 Å². The smallest absolute Gasteiger partial charge is 0.222 e. The summed E-state index contributed by atoms with van der Waals surface area (Å²) in [4.78, 5) is 16.6. The molecule has 1 aliphatic heterocycles. The maximum absolute atomic E-state index is 12.2. The Labute approximate surface area is 120 Å². The molecule has 20 heavy (non-hydrogen) atoms. The molecule has 2 aliphatic rings. The van der Waals surface area contributed by atoms with E-state index in [0.29, 0.717) is 18.4 Å². The van der Waals surface area contributed by atoms with Crippen LogP contribution in [-0.2, 0) is 11.3 Å². The second-order valence-corrected chi connectivity index (χ2v) is 6.26. The van der Waals surface area contributed by atoms with Gasteiger partial charge in [-0.2, -0.15) is 5.10 Å². The highest BCUT2D eigenvalue weighted by molar-refractivity contribution is 5.76. The zero-order chi connectivity index (χ0) is 13.9. The number of carbonyl (C=O) groups excluding carboxylic acids is 1. The molecule has 2 heterocycles. The molecule has 0 radical (unpaired) electrons. The first-order valence-electron chi connectivity index (χ1n) is 7.68. The van der Waals surface area contributed by atoms with Crippen molar-refractivity contribution < 1.29 is 4.79 Å². The molecule has 3 rings (SSSR count). The van der Waals surface area contributed by atoms with Gasteiger partial charge in [-0.1, -0.05) is 0 Å². The molecule has 0 aromatic carbocycles. The third-order valence-corrected chi connectivity index (χ3v) is 4.55. The van der Waals surface area contributed by atoms with E-state index in [9.17, 15) is 4.79 Å². The summed E-state index contributed by atoms with van der Waals surface area (Å²) in [5, 5.41) is 6.99. The summed E-state index contributed by atoms with van der Waals surface area (Å²) < 4.78 is 0. The van der Waals surface area contributed by atoms with Crippen molar-refractivity contribution in [2.45, 2.75) is 44.7 Å². The van der Waals surface area contributed by atoms with Crippen molar-refractivity contribution in [2.75, 3.05) is 20.1 Å². The Hall–Kier alpha value is -1.36. The largest absolute Gasteiger partial charge is 0.342 e. The van der Waals surface area contributed by atoms with Gasteiger partial charge in [0.05, 0.1) is 0 Å². The van der Waals surface area contributed by atoms with Gasteiger partial charge in [0.1, 0.15) is 0 Å². The second-order valence-electron chi connectivity index (χ2n) is 6.26. The minimum Gasteiger partial charge on any atom is -0.342 e. The van der Waals surface area contributed by atoms with Crippen molar-refractivity contribution in [2.24, 2.45) is 5.92 Å². The number of rotatable bonds is 5. The summed E-state index contributed by atoms with van der Waals surface area (Å²) in [6.45, 7) is 2.80. The lowest BCUT2D eigenvalue weighted by Crippen LogP contribution is -2.34. The van der Waals surface area contributed by atoms with Crippen LogP contribution in [-0.4, -0.2) is 52.1 Å². The molecule has 1 N–H and O–H groups in total. The van der Waals surface area contributed by atoms with Gasteiger partial charge in [-0.25, -0.2) is 0 Å². The number of nitrogens with zero attached hydrogens (tertiary/aromatic N) is 3. The van der Waals surface area contributed by atoms with E-state index >= 15 is 0 Å². The van der Waals surface area contributed by atoms with Gasteiger partial charge >= 0.3 is 0 Å². The average molecular weight is 276 g/mol. The van der Waals surface area contributed by atoms with Crippen LogP contribution in [0.1, 0.15) is 37.8 Å². The van der Waals surface area contributed by atoms with E-state index in [-0.39, 0.29) is 0 Å². The molecular weight excluding hydrogens is 252 g/mol. The summed E-state index contributed by atoms with van der Waals surface area (Å²) in [5.41, 5.74) is 1.14. The molecule has 110 valence electrons. The summed E-state index contributed by atoms with van der Waals surface area (Å²) in [6.07, 6.45) is 7.18. The van der Waals surface area contributed by atoms with Crippen LogP contribution in [0.5, 0.6) is 0 Å². The van der Waals surface area contributed by atoms with Crippen LogP contribution in [0.25, 0.3) is 0 Å². The monoisotopic (exact) mass is 276 g/mol. The number of carbonyl (C=O) groups is 1. The molecule has 0 bridgehead atoms. The molecule has 2 fully saturated rings. The van der Waals surface area contributed by atoms with E-state index in [0.717, 1.165) is 44.1 Å².